The van der Waals surface area contributed by atoms with Crippen LogP contribution in [-0.4, -0.2) is 23.4 Å². The van der Waals surface area contributed by atoms with Crippen molar-refractivity contribution in [2.45, 2.75) is 26.2 Å². The van der Waals surface area contributed by atoms with Crippen LogP contribution in [0.2, 0.25) is 5.02 Å². The van der Waals surface area contributed by atoms with E-state index in [2.05, 4.69) is 21.4 Å². The van der Waals surface area contributed by atoms with Gasteiger partial charge in [0.25, 0.3) is 5.91 Å². The van der Waals surface area contributed by atoms with E-state index in [1.54, 1.807) is 37.3 Å². The van der Waals surface area contributed by atoms with Crippen molar-refractivity contribution in [1.29, 1.82) is 0 Å². The molecule has 0 radical (unpaired) electrons. The molecule has 3 aromatic rings. The number of nitrogens with one attached hydrogen (secondary N) is 3. The highest BCUT2D eigenvalue weighted by Crippen LogP contribution is 2.29. The lowest BCUT2D eigenvalue weighted by Crippen LogP contribution is -2.41. The first-order chi connectivity index (χ1) is 15.4. The summed E-state index contributed by atoms with van der Waals surface area (Å²) in [4.78, 5) is 36.9. The number of hydrazine groups is 1. The number of rotatable bonds is 4. The molecular weight excluding hydrogens is 436 g/mol. The molecule has 1 aliphatic carbocycles. The molecule has 3 N–H and O–H groups in total. The molecule has 2 aromatic heterocycles. The number of nitrogens with zero attached hydrogens (tertiary/aromatic N) is 1. The number of hydrogen-bond acceptors (Lipinski definition) is 6. The zero-order valence-corrected chi connectivity index (χ0v) is 17.8. The minimum Gasteiger partial charge on any atom is -0.459 e. The summed E-state index contributed by atoms with van der Waals surface area (Å²) < 4.78 is 10.7. The van der Waals surface area contributed by atoms with Crippen LogP contribution in [0.3, 0.4) is 0 Å². The molecular formula is C22H19ClN4O5. The Morgan fingerprint density at radius 1 is 1.00 bits per heavy atom. The van der Waals surface area contributed by atoms with Gasteiger partial charge in [0.1, 0.15) is 5.76 Å². The number of halogens is 1. The fourth-order valence-electron chi connectivity index (χ4n) is 3.42. The Kier molecular flexibility index (Phi) is 6.09. The van der Waals surface area contributed by atoms with E-state index in [9.17, 15) is 14.4 Å². The first-order valence-electron chi connectivity index (χ1n) is 9.83. The van der Waals surface area contributed by atoms with Crippen molar-refractivity contribution >= 4 is 35.0 Å². The third-order valence-corrected chi connectivity index (χ3v) is 5.22. The lowest BCUT2D eigenvalue weighted by atomic mass is 9.93. The molecule has 0 bridgehead atoms. The number of carbonyl (C=O) groups excluding carboxylic acids is 3. The molecule has 0 fully saturated rings. The van der Waals surface area contributed by atoms with Crippen LogP contribution in [0.5, 0.6) is 0 Å². The highest BCUT2D eigenvalue weighted by molar-refractivity contribution is 6.30. The normalized spacial score (nSPS) is 14.0. The molecule has 164 valence electrons. The summed E-state index contributed by atoms with van der Waals surface area (Å²) in [5.74, 6) is -0.845. The fourth-order valence-corrected chi connectivity index (χ4v) is 3.55. The maximum atomic E-state index is 12.6. The fraction of sp³-hybridized carbons (Fsp3) is 0.182. The van der Waals surface area contributed by atoms with E-state index in [0.717, 1.165) is 6.42 Å². The van der Waals surface area contributed by atoms with Crippen LogP contribution in [0.1, 0.15) is 61.2 Å². The van der Waals surface area contributed by atoms with E-state index in [1.807, 2.05) is 0 Å². The average Bonchev–Trinajstić information content (AvgIpc) is 3.45. The number of carbonyl (C=O) groups is 3. The molecule has 0 spiro atoms. The largest absolute Gasteiger partial charge is 0.459 e. The monoisotopic (exact) mass is 454 g/mol. The summed E-state index contributed by atoms with van der Waals surface area (Å²) in [6.45, 7) is 1.73. The minimum atomic E-state index is -0.610. The summed E-state index contributed by atoms with van der Waals surface area (Å²) in [7, 11) is 0. The molecule has 32 heavy (non-hydrogen) atoms. The standard InChI is InChI=1S/C22H19ClN4O5/c1-12-18-15(24-25-20(28)13-7-9-14(23)10-8-13)4-2-5-16(18)32-19(12)22(30)27-26-21(29)17-6-3-11-31-17/h3,6-11H,2,4-5H2,1H3,(H,25,28)(H,26,29)(H,27,30)/b24-15+. The molecule has 0 atom stereocenters. The van der Waals surface area contributed by atoms with Crippen molar-refractivity contribution < 1.29 is 23.2 Å². The Morgan fingerprint density at radius 2 is 1.75 bits per heavy atom. The Bertz CT molecular complexity index is 1200. The van der Waals surface area contributed by atoms with Crippen molar-refractivity contribution in [2.75, 3.05) is 0 Å². The summed E-state index contributed by atoms with van der Waals surface area (Å²) in [6.07, 6.45) is 3.36. The zero-order chi connectivity index (χ0) is 22.7. The maximum absolute atomic E-state index is 12.6. The van der Waals surface area contributed by atoms with Crippen LogP contribution < -0.4 is 16.3 Å². The van der Waals surface area contributed by atoms with Gasteiger partial charge in [0.05, 0.1) is 12.0 Å². The van der Waals surface area contributed by atoms with Gasteiger partial charge in [-0.1, -0.05) is 11.6 Å². The molecule has 0 saturated heterocycles. The van der Waals surface area contributed by atoms with Crippen LogP contribution in [0, 0.1) is 6.92 Å². The summed E-state index contributed by atoms with van der Waals surface area (Å²) in [5.41, 5.74) is 9.44. The highest BCUT2D eigenvalue weighted by atomic mass is 35.5. The molecule has 10 heteroatoms. The van der Waals surface area contributed by atoms with Gasteiger partial charge >= 0.3 is 11.8 Å². The Labute approximate surface area is 187 Å². The Hall–Kier alpha value is -3.85. The predicted octanol–water partition coefficient (Wildman–Crippen LogP) is 3.38. The maximum Gasteiger partial charge on any atom is 0.305 e. The van der Waals surface area contributed by atoms with Crippen LogP contribution in [0.15, 0.2) is 56.6 Å². The second-order valence-electron chi connectivity index (χ2n) is 7.10. The molecule has 9 nitrogen and oxygen atoms in total. The van der Waals surface area contributed by atoms with E-state index in [-0.39, 0.29) is 17.4 Å². The molecule has 1 aliphatic rings. The van der Waals surface area contributed by atoms with Crippen LogP contribution in [0.25, 0.3) is 0 Å². The van der Waals surface area contributed by atoms with Crippen molar-refractivity contribution in [3.05, 3.63) is 81.7 Å². The lowest BCUT2D eigenvalue weighted by molar-refractivity contribution is 0.0815. The molecule has 3 amide bonds. The van der Waals surface area contributed by atoms with Gasteiger partial charge in [-0.05, 0) is 56.2 Å². The third kappa shape index (κ3) is 4.42. The Morgan fingerprint density at radius 3 is 2.47 bits per heavy atom. The van der Waals surface area contributed by atoms with Gasteiger partial charge < -0.3 is 8.83 Å². The number of furan rings is 2. The molecule has 1 aromatic carbocycles. The Balaban J connectivity index is 1.49. The molecule has 0 saturated carbocycles. The van der Waals surface area contributed by atoms with Gasteiger partial charge in [-0.15, -0.1) is 0 Å². The van der Waals surface area contributed by atoms with Gasteiger partial charge in [-0.3, -0.25) is 25.2 Å². The van der Waals surface area contributed by atoms with Gasteiger partial charge in [0.15, 0.2) is 11.5 Å². The first-order valence-corrected chi connectivity index (χ1v) is 10.2. The number of hydrogen-bond donors (Lipinski definition) is 3. The van der Waals surface area contributed by atoms with Crippen molar-refractivity contribution in [1.82, 2.24) is 16.3 Å². The van der Waals surface area contributed by atoms with Gasteiger partial charge in [0.2, 0.25) is 0 Å². The number of amides is 3. The topological polar surface area (TPSA) is 126 Å². The van der Waals surface area contributed by atoms with Crippen molar-refractivity contribution in [2.24, 2.45) is 5.10 Å². The van der Waals surface area contributed by atoms with Gasteiger partial charge in [-0.2, -0.15) is 5.10 Å². The van der Waals surface area contributed by atoms with Crippen molar-refractivity contribution in [3.8, 4) is 0 Å². The van der Waals surface area contributed by atoms with E-state index in [1.165, 1.54) is 12.3 Å². The summed E-state index contributed by atoms with van der Waals surface area (Å²) in [6, 6.07) is 9.49. The average molecular weight is 455 g/mol. The first kappa shape index (κ1) is 21.4. The quantitative estimate of drug-likeness (QED) is 0.521. The lowest BCUT2D eigenvalue weighted by Gasteiger charge is -2.13. The van der Waals surface area contributed by atoms with Crippen molar-refractivity contribution in [3.63, 3.8) is 0 Å². The van der Waals surface area contributed by atoms with E-state index in [0.29, 0.717) is 46.0 Å². The smallest absolute Gasteiger partial charge is 0.305 e. The van der Waals surface area contributed by atoms with Crippen LogP contribution in [0.4, 0.5) is 0 Å². The molecule has 2 heterocycles. The second-order valence-corrected chi connectivity index (χ2v) is 7.54. The molecule has 4 rings (SSSR count). The zero-order valence-electron chi connectivity index (χ0n) is 17.0. The number of aryl methyl sites for hydroxylation is 1. The summed E-state index contributed by atoms with van der Waals surface area (Å²) in [5, 5.41) is 4.81. The van der Waals surface area contributed by atoms with E-state index < -0.39 is 11.8 Å². The van der Waals surface area contributed by atoms with Crippen LogP contribution >= 0.6 is 11.6 Å². The van der Waals surface area contributed by atoms with E-state index in [4.69, 9.17) is 20.4 Å². The SMILES string of the molecule is Cc1c(C(=O)NNC(=O)c2ccco2)oc2c1/C(=N/NC(=O)c1ccc(Cl)cc1)CCC2. The summed E-state index contributed by atoms with van der Waals surface area (Å²) >= 11 is 5.85. The number of hydrazone groups is 1. The third-order valence-electron chi connectivity index (χ3n) is 4.97. The number of benzene rings is 1. The van der Waals surface area contributed by atoms with E-state index >= 15 is 0 Å². The minimum absolute atomic E-state index is 0.0617. The van der Waals surface area contributed by atoms with Gasteiger partial charge in [-0.25, -0.2) is 5.43 Å². The van der Waals surface area contributed by atoms with Crippen LogP contribution in [-0.2, 0) is 6.42 Å². The second kappa shape index (κ2) is 9.11. The molecule has 0 aliphatic heterocycles. The number of fused-ring (bicyclic) bond motifs is 1. The van der Waals surface area contributed by atoms with Gasteiger partial charge in [0, 0.05) is 28.1 Å². The molecule has 0 unspecified atom stereocenters. The highest BCUT2D eigenvalue weighted by Gasteiger charge is 2.28. The predicted molar refractivity (Wildman–Crippen MR) is 115 cm³/mol.